The molecule has 1 amide bonds. The molecule has 26 heavy (non-hydrogen) atoms. The second kappa shape index (κ2) is 6.49. The van der Waals surface area contributed by atoms with Crippen LogP contribution in [0.3, 0.4) is 0 Å². The Balaban J connectivity index is 1.57. The van der Waals surface area contributed by atoms with Crippen molar-refractivity contribution in [2.75, 3.05) is 19.7 Å². The van der Waals surface area contributed by atoms with E-state index in [9.17, 15) is 4.79 Å². The summed E-state index contributed by atoms with van der Waals surface area (Å²) in [7, 11) is 0. The SMILES string of the molecule is Cc1cc(C)nc([C@@H]2CN(C(=O)c3ccc4nc(C)[nH]c4c3)CCO2)n1. The fraction of sp³-hybridized carbons (Fsp3) is 0.368. The van der Waals surface area contributed by atoms with Gasteiger partial charge in [0.05, 0.1) is 24.2 Å². The van der Waals surface area contributed by atoms with Gasteiger partial charge in [-0.05, 0) is 45.0 Å². The van der Waals surface area contributed by atoms with E-state index in [2.05, 4.69) is 19.9 Å². The summed E-state index contributed by atoms with van der Waals surface area (Å²) in [5.74, 6) is 1.46. The van der Waals surface area contributed by atoms with Crippen molar-refractivity contribution in [3.8, 4) is 0 Å². The molecule has 2 aromatic heterocycles. The highest BCUT2D eigenvalue weighted by Gasteiger charge is 2.28. The number of fused-ring (bicyclic) bond motifs is 1. The van der Waals surface area contributed by atoms with E-state index >= 15 is 0 Å². The van der Waals surface area contributed by atoms with Gasteiger partial charge in [-0.3, -0.25) is 4.79 Å². The molecule has 1 fully saturated rings. The Morgan fingerprint density at radius 1 is 1.15 bits per heavy atom. The maximum absolute atomic E-state index is 13.0. The summed E-state index contributed by atoms with van der Waals surface area (Å²) in [6, 6.07) is 7.48. The second-order valence-electron chi connectivity index (χ2n) is 6.67. The quantitative estimate of drug-likeness (QED) is 0.767. The maximum atomic E-state index is 13.0. The molecule has 1 atom stereocenters. The lowest BCUT2D eigenvalue weighted by molar-refractivity contribution is -0.0269. The van der Waals surface area contributed by atoms with Gasteiger partial charge in [0.15, 0.2) is 5.82 Å². The lowest BCUT2D eigenvalue weighted by Crippen LogP contribution is -2.42. The summed E-state index contributed by atoms with van der Waals surface area (Å²) in [4.78, 5) is 31.3. The number of aryl methyl sites for hydroxylation is 3. The van der Waals surface area contributed by atoms with Crippen molar-refractivity contribution >= 4 is 16.9 Å². The Morgan fingerprint density at radius 3 is 2.69 bits per heavy atom. The number of aromatic nitrogens is 4. The molecule has 1 aliphatic heterocycles. The van der Waals surface area contributed by atoms with E-state index in [-0.39, 0.29) is 12.0 Å². The number of amides is 1. The Morgan fingerprint density at radius 2 is 1.92 bits per heavy atom. The van der Waals surface area contributed by atoms with Crippen LogP contribution in [0.25, 0.3) is 11.0 Å². The van der Waals surface area contributed by atoms with Crippen LogP contribution >= 0.6 is 0 Å². The molecule has 3 aromatic rings. The van der Waals surface area contributed by atoms with Crippen molar-refractivity contribution in [3.05, 3.63) is 52.9 Å². The fourth-order valence-corrected chi connectivity index (χ4v) is 3.34. The zero-order chi connectivity index (χ0) is 18.3. The van der Waals surface area contributed by atoms with Crippen molar-refractivity contribution in [2.24, 2.45) is 0 Å². The number of rotatable bonds is 2. The van der Waals surface area contributed by atoms with E-state index in [0.717, 1.165) is 28.2 Å². The molecule has 0 unspecified atom stereocenters. The first-order valence-electron chi connectivity index (χ1n) is 8.69. The van der Waals surface area contributed by atoms with Crippen LogP contribution in [0.4, 0.5) is 0 Å². The van der Waals surface area contributed by atoms with Crippen LogP contribution in [0.1, 0.15) is 39.5 Å². The van der Waals surface area contributed by atoms with Crippen LogP contribution in [-0.2, 0) is 4.74 Å². The summed E-state index contributed by atoms with van der Waals surface area (Å²) < 4.78 is 5.83. The summed E-state index contributed by atoms with van der Waals surface area (Å²) in [6.45, 7) is 7.25. The number of hydrogen-bond acceptors (Lipinski definition) is 5. The molecule has 1 saturated heterocycles. The maximum Gasteiger partial charge on any atom is 0.254 e. The van der Waals surface area contributed by atoms with E-state index in [0.29, 0.717) is 31.1 Å². The Labute approximate surface area is 151 Å². The first-order valence-corrected chi connectivity index (χ1v) is 8.69. The standard InChI is InChI=1S/C19H21N5O2/c1-11-8-12(2)21-18(20-11)17-10-24(6-7-26-17)19(25)14-4-5-15-16(9-14)23-13(3)22-15/h4-5,8-9,17H,6-7,10H2,1-3H3,(H,22,23)/t17-/m0/s1. The van der Waals surface area contributed by atoms with Crippen LogP contribution in [0.2, 0.25) is 0 Å². The number of nitrogens with one attached hydrogen (secondary N) is 1. The summed E-state index contributed by atoms with van der Waals surface area (Å²) in [6.07, 6.45) is -0.301. The summed E-state index contributed by atoms with van der Waals surface area (Å²) in [5, 5.41) is 0. The van der Waals surface area contributed by atoms with Gasteiger partial charge in [-0.15, -0.1) is 0 Å². The molecule has 1 N–H and O–H groups in total. The normalized spacial score (nSPS) is 17.7. The number of hydrogen-bond donors (Lipinski definition) is 1. The average Bonchev–Trinajstić information content (AvgIpc) is 2.99. The minimum atomic E-state index is -0.301. The number of imidazole rings is 1. The number of aromatic amines is 1. The van der Waals surface area contributed by atoms with E-state index in [1.807, 2.05) is 45.0 Å². The van der Waals surface area contributed by atoms with Gasteiger partial charge in [0, 0.05) is 23.5 Å². The van der Waals surface area contributed by atoms with Crippen LogP contribution in [-0.4, -0.2) is 50.4 Å². The lowest BCUT2D eigenvalue weighted by Gasteiger charge is -2.32. The van der Waals surface area contributed by atoms with Gasteiger partial charge in [0.2, 0.25) is 0 Å². The summed E-state index contributed by atoms with van der Waals surface area (Å²) >= 11 is 0. The van der Waals surface area contributed by atoms with Crippen molar-refractivity contribution in [3.63, 3.8) is 0 Å². The van der Waals surface area contributed by atoms with Gasteiger partial charge in [0.1, 0.15) is 11.9 Å². The smallest absolute Gasteiger partial charge is 0.254 e. The van der Waals surface area contributed by atoms with Crippen LogP contribution in [0.5, 0.6) is 0 Å². The van der Waals surface area contributed by atoms with Gasteiger partial charge >= 0.3 is 0 Å². The number of carbonyl (C=O) groups is 1. The molecule has 7 heteroatoms. The monoisotopic (exact) mass is 351 g/mol. The highest BCUT2D eigenvalue weighted by molar-refractivity contribution is 5.97. The fourth-order valence-electron chi connectivity index (χ4n) is 3.34. The molecular formula is C19H21N5O2. The molecule has 7 nitrogen and oxygen atoms in total. The number of benzene rings is 1. The third-order valence-corrected chi connectivity index (χ3v) is 4.49. The minimum absolute atomic E-state index is 0.0168. The zero-order valence-corrected chi connectivity index (χ0v) is 15.1. The van der Waals surface area contributed by atoms with Crippen LogP contribution in [0, 0.1) is 20.8 Å². The van der Waals surface area contributed by atoms with Crippen LogP contribution in [0.15, 0.2) is 24.3 Å². The van der Waals surface area contributed by atoms with E-state index in [1.54, 1.807) is 4.90 Å². The highest BCUT2D eigenvalue weighted by Crippen LogP contribution is 2.22. The first kappa shape index (κ1) is 16.7. The first-order chi connectivity index (χ1) is 12.5. The lowest BCUT2D eigenvalue weighted by atomic mass is 10.1. The molecule has 1 aliphatic rings. The minimum Gasteiger partial charge on any atom is -0.367 e. The van der Waals surface area contributed by atoms with Crippen molar-refractivity contribution in [1.29, 1.82) is 0 Å². The average molecular weight is 351 g/mol. The number of nitrogens with zero attached hydrogens (tertiary/aromatic N) is 4. The van der Waals surface area contributed by atoms with E-state index in [4.69, 9.17) is 4.74 Å². The molecule has 4 rings (SSSR count). The molecule has 0 spiro atoms. The summed E-state index contributed by atoms with van der Waals surface area (Å²) in [5.41, 5.74) is 4.18. The second-order valence-corrected chi connectivity index (χ2v) is 6.67. The number of H-pyrrole nitrogens is 1. The Bertz CT molecular complexity index is 961. The molecule has 0 bridgehead atoms. The largest absolute Gasteiger partial charge is 0.367 e. The zero-order valence-electron chi connectivity index (χ0n) is 15.1. The Hall–Kier alpha value is -2.80. The number of carbonyl (C=O) groups excluding carboxylic acids is 1. The van der Waals surface area contributed by atoms with Crippen molar-refractivity contribution in [2.45, 2.75) is 26.9 Å². The Kier molecular flexibility index (Phi) is 4.16. The van der Waals surface area contributed by atoms with E-state index < -0.39 is 0 Å². The molecule has 1 aromatic carbocycles. The van der Waals surface area contributed by atoms with Gasteiger partial charge in [-0.2, -0.15) is 0 Å². The molecule has 134 valence electrons. The van der Waals surface area contributed by atoms with Gasteiger partial charge in [-0.25, -0.2) is 15.0 Å². The molecule has 0 aliphatic carbocycles. The van der Waals surface area contributed by atoms with Crippen molar-refractivity contribution in [1.82, 2.24) is 24.8 Å². The number of ether oxygens (including phenoxy) is 1. The number of morpholine rings is 1. The van der Waals surface area contributed by atoms with Crippen LogP contribution < -0.4 is 0 Å². The molecular weight excluding hydrogens is 330 g/mol. The van der Waals surface area contributed by atoms with E-state index in [1.165, 1.54) is 0 Å². The van der Waals surface area contributed by atoms with Crippen molar-refractivity contribution < 1.29 is 9.53 Å². The van der Waals surface area contributed by atoms with Gasteiger partial charge < -0.3 is 14.6 Å². The predicted octanol–water partition coefficient (Wildman–Crippen LogP) is 2.49. The molecule has 0 radical (unpaired) electrons. The third kappa shape index (κ3) is 3.17. The predicted molar refractivity (Wildman–Crippen MR) is 96.9 cm³/mol. The van der Waals surface area contributed by atoms with Gasteiger partial charge in [-0.1, -0.05) is 0 Å². The molecule has 3 heterocycles. The third-order valence-electron chi connectivity index (χ3n) is 4.49. The molecule has 0 saturated carbocycles. The topological polar surface area (TPSA) is 84.0 Å². The highest BCUT2D eigenvalue weighted by atomic mass is 16.5. The van der Waals surface area contributed by atoms with Gasteiger partial charge in [0.25, 0.3) is 5.91 Å².